The fourth-order valence-electron chi connectivity index (χ4n) is 6.23. The number of nitrogens with zero attached hydrogens (tertiary/aromatic N) is 1. The first-order valence-electron chi connectivity index (χ1n) is 13.2. The Morgan fingerprint density at radius 3 is 1.47 bits per heavy atom. The van der Waals surface area contributed by atoms with Crippen LogP contribution in [0.4, 0.5) is 5.69 Å². The maximum Gasteiger partial charge on any atom is 0.0622 e. The van der Waals surface area contributed by atoms with Crippen LogP contribution in [-0.2, 0) is 0 Å². The molecule has 1 aliphatic rings. The first kappa shape index (κ1) is 22.4. The van der Waals surface area contributed by atoms with E-state index in [0.717, 1.165) is 18.5 Å². The highest BCUT2D eigenvalue weighted by molar-refractivity contribution is 6.18. The number of benzene rings is 6. The van der Waals surface area contributed by atoms with E-state index in [4.69, 9.17) is 0 Å². The van der Waals surface area contributed by atoms with E-state index in [-0.39, 0.29) is 0 Å². The fraction of sp³-hybridized carbons (Fsp3) is 0.0541. The molecule has 0 N–H and O–H groups in total. The van der Waals surface area contributed by atoms with Gasteiger partial charge in [-0.05, 0) is 97.1 Å². The third kappa shape index (κ3) is 3.59. The Morgan fingerprint density at radius 1 is 0.421 bits per heavy atom. The molecule has 180 valence electrons. The average molecular weight is 486 g/mol. The number of hydrogen-bond donors (Lipinski definition) is 0. The van der Waals surface area contributed by atoms with Crippen molar-refractivity contribution in [3.8, 4) is 11.1 Å². The van der Waals surface area contributed by atoms with Gasteiger partial charge >= 0.3 is 0 Å². The van der Waals surface area contributed by atoms with Gasteiger partial charge in [0.25, 0.3) is 0 Å². The number of aliphatic imine (C=N–C) groups is 1. The molecule has 38 heavy (non-hydrogen) atoms. The minimum Gasteiger partial charge on any atom is -0.265 e. The van der Waals surface area contributed by atoms with Crippen LogP contribution in [-0.4, -0.2) is 6.72 Å². The summed E-state index contributed by atoms with van der Waals surface area (Å²) in [7, 11) is 0. The smallest absolute Gasteiger partial charge is 0.0622 e. The Bertz CT molecular complexity index is 1910. The molecule has 7 rings (SSSR count). The minimum atomic E-state index is 0.905. The molecule has 0 aliphatic heterocycles. The van der Waals surface area contributed by atoms with E-state index in [1.54, 1.807) is 0 Å². The molecule has 0 bridgehead atoms. The second kappa shape index (κ2) is 9.28. The minimum absolute atomic E-state index is 0.905. The highest BCUT2D eigenvalue weighted by Gasteiger charge is 2.21. The van der Waals surface area contributed by atoms with Gasteiger partial charge in [0, 0.05) is 0 Å². The van der Waals surface area contributed by atoms with Gasteiger partial charge in [-0.1, -0.05) is 115 Å². The summed E-state index contributed by atoms with van der Waals surface area (Å²) in [5, 5.41) is 7.91. The van der Waals surface area contributed by atoms with Crippen LogP contribution in [0.1, 0.15) is 24.0 Å². The third-order valence-corrected chi connectivity index (χ3v) is 7.90. The molecule has 1 nitrogen and oxygen atoms in total. The highest BCUT2D eigenvalue weighted by Crippen LogP contribution is 2.42. The molecule has 0 saturated carbocycles. The third-order valence-electron chi connectivity index (χ3n) is 7.90. The van der Waals surface area contributed by atoms with Crippen LogP contribution in [0.2, 0.25) is 0 Å². The monoisotopic (exact) mass is 485 g/mol. The predicted octanol–water partition coefficient (Wildman–Crippen LogP) is 8.18. The van der Waals surface area contributed by atoms with Crippen LogP contribution in [0, 0.1) is 0 Å². The van der Waals surface area contributed by atoms with E-state index in [9.17, 15) is 0 Å². The van der Waals surface area contributed by atoms with E-state index < -0.39 is 0 Å². The van der Waals surface area contributed by atoms with Crippen LogP contribution in [0.5, 0.6) is 0 Å². The molecule has 0 amide bonds. The molecule has 0 fully saturated rings. The summed E-state index contributed by atoms with van der Waals surface area (Å²) in [4.78, 5) is 4.08. The van der Waals surface area contributed by atoms with E-state index in [0.29, 0.717) is 0 Å². The predicted molar refractivity (Wildman–Crippen MR) is 162 cm³/mol. The van der Waals surface area contributed by atoms with Gasteiger partial charge in [0.2, 0.25) is 0 Å². The Hall–Kier alpha value is -4.75. The second-order valence-electron chi connectivity index (χ2n) is 9.91. The van der Waals surface area contributed by atoms with Gasteiger partial charge in [-0.3, -0.25) is 4.99 Å². The normalized spacial score (nSPS) is 13.1. The molecule has 6 aromatic rings. The maximum atomic E-state index is 4.08. The van der Waals surface area contributed by atoms with E-state index >= 15 is 0 Å². The maximum absolute atomic E-state index is 4.08. The second-order valence-corrected chi connectivity index (χ2v) is 9.91. The summed E-state index contributed by atoms with van der Waals surface area (Å²) in [5.74, 6) is 0. The average Bonchev–Trinajstić information content (AvgIpc) is 3.00. The van der Waals surface area contributed by atoms with Crippen LogP contribution in [0.3, 0.4) is 0 Å². The summed E-state index contributed by atoms with van der Waals surface area (Å²) in [6.45, 7) is 3.67. The van der Waals surface area contributed by atoms with Crippen molar-refractivity contribution in [3.05, 3.63) is 149 Å². The lowest BCUT2D eigenvalue weighted by Crippen LogP contribution is -2.32. The number of rotatable bonds is 4. The summed E-state index contributed by atoms with van der Waals surface area (Å²) in [6, 6.07) is 46.1. The molecule has 6 aromatic carbocycles. The SMILES string of the molecule is C=Nc1ccc(C2=c3ccccc3=C(c3c4ccccc4c(-c4ccccc4)c4ccccc34)CC2)cc1. The molecule has 1 aliphatic carbocycles. The summed E-state index contributed by atoms with van der Waals surface area (Å²) in [5.41, 5.74) is 8.94. The van der Waals surface area contributed by atoms with Crippen molar-refractivity contribution >= 4 is 45.1 Å². The lowest BCUT2D eigenvalue weighted by Gasteiger charge is -2.22. The summed E-state index contributed by atoms with van der Waals surface area (Å²) in [6.07, 6.45) is 1.99. The van der Waals surface area contributed by atoms with Crippen molar-refractivity contribution in [1.82, 2.24) is 0 Å². The summed E-state index contributed by atoms with van der Waals surface area (Å²) >= 11 is 0. The molecule has 0 atom stereocenters. The van der Waals surface area contributed by atoms with Gasteiger partial charge in [-0.15, -0.1) is 0 Å². The molecular formula is C37H27N. The molecule has 0 radical (unpaired) electrons. The van der Waals surface area contributed by atoms with Gasteiger partial charge in [-0.25, -0.2) is 0 Å². The Balaban J connectivity index is 1.61. The van der Waals surface area contributed by atoms with Crippen molar-refractivity contribution in [1.29, 1.82) is 0 Å². The van der Waals surface area contributed by atoms with Crippen molar-refractivity contribution in [2.24, 2.45) is 4.99 Å². The highest BCUT2D eigenvalue weighted by atomic mass is 14.7. The molecule has 0 aromatic heterocycles. The Labute approximate surface area is 222 Å². The first-order valence-corrected chi connectivity index (χ1v) is 13.2. The lowest BCUT2D eigenvalue weighted by molar-refractivity contribution is 1.04. The quantitative estimate of drug-likeness (QED) is 0.176. The Kier molecular flexibility index (Phi) is 5.48. The summed E-state index contributed by atoms with van der Waals surface area (Å²) < 4.78 is 0. The molecule has 1 heteroatoms. The van der Waals surface area contributed by atoms with Crippen molar-refractivity contribution in [2.75, 3.05) is 0 Å². The van der Waals surface area contributed by atoms with E-state index in [1.807, 2.05) is 0 Å². The number of hydrogen-bond acceptors (Lipinski definition) is 1. The van der Waals surface area contributed by atoms with Crippen molar-refractivity contribution < 1.29 is 0 Å². The van der Waals surface area contributed by atoms with Crippen LogP contribution in [0.25, 0.3) is 43.8 Å². The first-order chi connectivity index (χ1) is 18.8. The topological polar surface area (TPSA) is 12.4 Å². The van der Waals surface area contributed by atoms with Crippen LogP contribution < -0.4 is 10.4 Å². The molecule has 0 saturated heterocycles. The van der Waals surface area contributed by atoms with Crippen molar-refractivity contribution in [3.63, 3.8) is 0 Å². The zero-order valence-corrected chi connectivity index (χ0v) is 21.2. The van der Waals surface area contributed by atoms with Crippen molar-refractivity contribution in [2.45, 2.75) is 12.8 Å². The van der Waals surface area contributed by atoms with Crippen LogP contribution >= 0.6 is 0 Å². The van der Waals surface area contributed by atoms with Gasteiger partial charge in [0.05, 0.1) is 5.69 Å². The molecular weight excluding hydrogens is 458 g/mol. The van der Waals surface area contributed by atoms with Gasteiger partial charge in [0.15, 0.2) is 0 Å². The Morgan fingerprint density at radius 2 is 0.895 bits per heavy atom. The van der Waals surface area contributed by atoms with Gasteiger partial charge in [-0.2, -0.15) is 0 Å². The number of fused-ring (bicyclic) bond motifs is 3. The fourth-order valence-corrected chi connectivity index (χ4v) is 6.23. The van der Waals surface area contributed by atoms with Crippen LogP contribution in [0.15, 0.2) is 132 Å². The zero-order chi connectivity index (χ0) is 25.5. The van der Waals surface area contributed by atoms with E-state index in [2.05, 4.69) is 139 Å². The largest absolute Gasteiger partial charge is 0.265 e. The van der Waals surface area contributed by atoms with Gasteiger partial charge in [0.1, 0.15) is 0 Å². The zero-order valence-electron chi connectivity index (χ0n) is 21.2. The van der Waals surface area contributed by atoms with E-state index in [1.165, 1.54) is 65.4 Å². The molecule has 0 unspecified atom stereocenters. The molecule has 0 heterocycles. The lowest BCUT2D eigenvalue weighted by atomic mass is 9.81. The standard InChI is InChI=1S/C37H27N/c1-38-27-21-19-25(20-22-27)28-23-24-35(30-14-6-5-13-29(28)30)37-33-17-9-7-15-31(33)36(26-11-3-2-4-12-26)32-16-8-10-18-34(32)37/h2-22H,1,23-24H2. The van der Waals surface area contributed by atoms with Gasteiger partial charge < -0.3 is 0 Å². The molecule has 0 spiro atoms.